The number of carbonyl (C=O) groups is 2. The highest BCUT2D eigenvalue weighted by Gasteiger charge is 2.68. The number of esters is 1. The van der Waals surface area contributed by atoms with Crippen molar-refractivity contribution in [3.8, 4) is 5.75 Å². The Hall–Kier alpha value is -3.22. The normalized spacial score (nSPS) is 17.4. The van der Waals surface area contributed by atoms with Gasteiger partial charge in [0.1, 0.15) is 11.3 Å². The number of halogens is 4. The van der Waals surface area contributed by atoms with Gasteiger partial charge in [-0.1, -0.05) is 32.4 Å². The number of hydrogen-bond acceptors (Lipinski definition) is 9. The summed E-state index contributed by atoms with van der Waals surface area (Å²) in [5, 5.41) is 9.30. The summed E-state index contributed by atoms with van der Waals surface area (Å²) in [6, 6.07) is 2.60. The van der Waals surface area contributed by atoms with E-state index >= 15 is 0 Å². The summed E-state index contributed by atoms with van der Waals surface area (Å²) in [7, 11) is 0.848. The van der Waals surface area contributed by atoms with Gasteiger partial charge in [0, 0.05) is 10.6 Å². The first kappa shape index (κ1) is 28.0. The molecule has 0 saturated heterocycles. The number of alkyl halides is 3. The number of methoxy groups -OCH3 is 1. The molecule has 1 atom stereocenters. The third-order valence-electron chi connectivity index (χ3n) is 4.78. The molecule has 0 unspecified atom stereocenters. The monoisotopic (exact) mass is 525 g/mol. The lowest BCUT2D eigenvalue weighted by molar-refractivity contribution is -0.757. The van der Waals surface area contributed by atoms with Crippen molar-refractivity contribution in [1.82, 2.24) is 0 Å². The van der Waals surface area contributed by atoms with Gasteiger partial charge in [0.25, 0.3) is 5.09 Å². The fraction of sp³-hybridized carbons (Fsp3) is 0.524. The predicted molar refractivity (Wildman–Crippen MR) is 114 cm³/mol. The Morgan fingerprint density at radius 2 is 1.80 bits per heavy atom. The lowest BCUT2D eigenvalue weighted by Crippen LogP contribution is -2.58. The second kappa shape index (κ2) is 10.6. The zero-order valence-corrected chi connectivity index (χ0v) is 19.9. The van der Waals surface area contributed by atoms with Gasteiger partial charge >= 0.3 is 24.1 Å². The Balaban J connectivity index is 2.40. The SMILES string of the molecule is COC(=O)C1=Cc2cc(Cl)c(C(C)(C)C)cc2O[C@]1(OC(=O)OCCCCO[N+](=O)[O-])C(F)(F)F. The van der Waals surface area contributed by atoms with Crippen molar-refractivity contribution >= 4 is 29.8 Å². The molecule has 10 nitrogen and oxygen atoms in total. The highest BCUT2D eigenvalue weighted by atomic mass is 35.5. The summed E-state index contributed by atoms with van der Waals surface area (Å²) < 4.78 is 62.0. The maximum Gasteiger partial charge on any atom is 0.512 e. The van der Waals surface area contributed by atoms with Crippen molar-refractivity contribution in [3.63, 3.8) is 0 Å². The molecule has 1 aromatic rings. The summed E-state index contributed by atoms with van der Waals surface area (Å²) in [6.45, 7) is 4.60. The van der Waals surface area contributed by atoms with Gasteiger partial charge in [-0.25, -0.2) is 9.59 Å². The standard InChI is InChI=1S/C21H23ClF3NO9/c1-19(2,3)13-11-16-12(10-15(13)22)9-14(17(27)31-4)20(34-16,21(23,24)25)35-18(28)32-7-5-6-8-33-26(29)30/h9-11H,5-8H2,1-4H3/t20-/m1/s1. The molecular formula is C21H23ClF3NO9. The molecule has 0 aromatic heterocycles. The van der Waals surface area contributed by atoms with Gasteiger partial charge in [-0.15, -0.1) is 10.1 Å². The van der Waals surface area contributed by atoms with Crippen LogP contribution < -0.4 is 4.74 Å². The number of rotatable bonds is 8. The lowest BCUT2D eigenvalue weighted by Gasteiger charge is -2.38. The molecule has 1 aliphatic rings. The van der Waals surface area contributed by atoms with Crippen molar-refractivity contribution in [3.05, 3.63) is 44.0 Å². The first-order valence-electron chi connectivity index (χ1n) is 10.2. The topological polar surface area (TPSA) is 123 Å². The maximum atomic E-state index is 14.4. The van der Waals surface area contributed by atoms with E-state index in [4.69, 9.17) is 16.3 Å². The molecular weight excluding hydrogens is 503 g/mol. The summed E-state index contributed by atoms with van der Waals surface area (Å²) in [6.07, 6.45) is -6.31. The number of unbranched alkanes of at least 4 members (excludes halogenated alkanes) is 1. The van der Waals surface area contributed by atoms with Crippen molar-refractivity contribution in [2.45, 2.75) is 51.0 Å². The molecule has 0 fully saturated rings. The zero-order valence-electron chi connectivity index (χ0n) is 19.2. The van der Waals surface area contributed by atoms with E-state index in [9.17, 15) is 32.9 Å². The van der Waals surface area contributed by atoms with E-state index in [0.717, 1.165) is 13.2 Å². The minimum atomic E-state index is -5.44. The molecule has 1 aromatic carbocycles. The Labute approximate surface area is 203 Å². The molecule has 1 aliphatic heterocycles. The fourth-order valence-electron chi connectivity index (χ4n) is 3.10. The molecule has 0 aliphatic carbocycles. The van der Waals surface area contributed by atoms with E-state index < -0.39 is 46.8 Å². The lowest BCUT2D eigenvalue weighted by atomic mass is 9.85. The van der Waals surface area contributed by atoms with Crippen LogP contribution in [0.4, 0.5) is 18.0 Å². The number of hydrogen-bond donors (Lipinski definition) is 0. The molecule has 1 heterocycles. The minimum Gasteiger partial charge on any atom is -0.465 e. The second-order valence-corrected chi connectivity index (χ2v) is 8.76. The first-order valence-corrected chi connectivity index (χ1v) is 10.5. The van der Waals surface area contributed by atoms with Crippen LogP contribution in [-0.4, -0.2) is 49.5 Å². The minimum absolute atomic E-state index is 0.0266. The van der Waals surface area contributed by atoms with Gasteiger partial charge in [-0.3, -0.25) is 0 Å². The summed E-state index contributed by atoms with van der Waals surface area (Å²) in [4.78, 5) is 38.7. The summed E-state index contributed by atoms with van der Waals surface area (Å²) >= 11 is 6.29. The molecule has 0 spiro atoms. The highest BCUT2D eigenvalue weighted by Crippen LogP contribution is 2.48. The Bertz CT molecular complexity index is 1020. The average molecular weight is 526 g/mol. The highest BCUT2D eigenvalue weighted by molar-refractivity contribution is 6.31. The molecule has 194 valence electrons. The van der Waals surface area contributed by atoms with Gasteiger partial charge in [-0.05, 0) is 42.0 Å². The Kier molecular flexibility index (Phi) is 8.47. The van der Waals surface area contributed by atoms with E-state index in [2.05, 4.69) is 19.0 Å². The van der Waals surface area contributed by atoms with Gasteiger partial charge in [-0.2, -0.15) is 13.2 Å². The maximum absolute atomic E-state index is 14.4. The number of carbonyl (C=O) groups excluding carboxylic acids is 2. The van der Waals surface area contributed by atoms with Crippen molar-refractivity contribution in [2.24, 2.45) is 0 Å². The van der Waals surface area contributed by atoms with E-state index in [-0.39, 0.29) is 35.8 Å². The number of nitrogens with zero attached hydrogens (tertiary/aromatic N) is 1. The van der Waals surface area contributed by atoms with Crippen LogP contribution in [0.1, 0.15) is 44.7 Å². The number of ether oxygens (including phenoxy) is 4. The van der Waals surface area contributed by atoms with Gasteiger partial charge in [0.05, 0.1) is 20.3 Å². The molecule has 0 radical (unpaired) electrons. The molecule has 14 heteroatoms. The van der Waals surface area contributed by atoms with Crippen LogP contribution in [0.2, 0.25) is 5.02 Å². The molecule has 0 N–H and O–H groups in total. The summed E-state index contributed by atoms with van der Waals surface area (Å²) in [5.41, 5.74) is -1.26. The van der Waals surface area contributed by atoms with E-state index in [0.29, 0.717) is 5.56 Å². The van der Waals surface area contributed by atoms with Gasteiger partial charge in [0.15, 0.2) is 0 Å². The molecule has 0 bridgehead atoms. The summed E-state index contributed by atoms with van der Waals surface area (Å²) in [5.74, 6) is -5.68. The molecule has 0 amide bonds. The number of benzene rings is 1. The average Bonchev–Trinajstić information content (AvgIpc) is 2.73. The smallest absolute Gasteiger partial charge is 0.465 e. The molecule has 0 saturated carbocycles. The second-order valence-electron chi connectivity index (χ2n) is 8.35. The first-order chi connectivity index (χ1) is 16.1. The van der Waals surface area contributed by atoms with E-state index in [1.54, 1.807) is 20.8 Å². The van der Waals surface area contributed by atoms with Crippen LogP contribution in [-0.2, 0) is 29.3 Å². The van der Waals surface area contributed by atoms with Crippen LogP contribution in [0, 0.1) is 10.1 Å². The predicted octanol–water partition coefficient (Wildman–Crippen LogP) is 4.99. The van der Waals surface area contributed by atoms with E-state index in [1.165, 1.54) is 12.1 Å². The number of fused-ring (bicyclic) bond motifs is 1. The van der Waals surface area contributed by atoms with Gasteiger partial charge < -0.3 is 23.8 Å². The fourth-order valence-corrected chi connectivity index (χ4v) is 3.55. The van der Waals surface area contributed by atoms with Crippen molar-refractivity contribution < 1.29 is 51.6 Å². The van der Waals surface area contributed by atoms with Crippen LogP contribution in [0.25, 0.3) is 6.08 Å². The van der Waals surface area contributed by atoms with Crippen LogP contribution in [0.3, 0.4) is 0 Å². The van der Waals surface area contributed by atoms with Gasteiger partial charge in [0.2, 0.25) is 0 Å². The Morgan fingerprint density at radius 3 is 2.34 bits per heavy atom. The van der Waals surface area contributed by atoms with Crippen LogP contribution >= 0.6 is 11.6 Å². The largest absolute Gasteiger partial charge is 0.512 e. The van der Waals surface area contributed by atoms with Crippen molar-refractivity contribution in [1.29, 1.82) is 0 Å². The van der Waals surface area contributed by atoms with E-state index in [1.807, 2.05) is 0 Å². The third kappa shape index (κ3) is 6.47. The van der Waals surface area contributed by atoms with Crippen LogP contribution in [0.5, 0.6) is 5.75 Å². The zero-order chi connectivity index (χ0) is 26.6. The van der Waals surface area contributed by atoms with Crippen LogP contribution in [0.15, 0.2) is 17.7 Å². The Morgan fingerprint density at radius 1 is 1.17 bits per heavy atom. The third-order valence-corrected chi connectivity index (χ3v) is 5.09. The molecule has 2 rings (SSSR count). The quantitative estimate of drug-likeness (QED) is 0.200. The molecule has 35 heavy (non-hydrogen) atoms. The van der Waals surface area contributed by atoms with Crippen molar-refractivity contribution in [2.75, 3.05) is 20.3 Å².